The number of aromatic nitrogens is 1. The molecule has 0 saturated heterocycles. The number of thiol groups is 2. The number of benzene rings is 2. The van der Waals surface area contributed by atoms with Gasteiger partial charge in [0, 0.05) is 59.4 Å². The molecule has 1 aromatic heterocycles. The summed E-state index contributed by atoms with van der Waals surface area (Å²) in [5.41, 5.74) is 3.81. The predicted octanol–water partition coefficient (Wildman–Crippen LogP) is 3.02. The Hall–Kier alpha value is -3.03. The van der Waals surface area contributed by atoms with Crippen LogP contribution in [-0.2, 0) is 20.8 Å². The van der Waals surface area contributed by atoms with Gasteiger partial charge in [0.15, 0.2) is 0 Å². The molecule has 44 heavy (non-hydrogen) atoms. The lowest BCUT2D eigenvalue weighted by Gasteiger charge is -2.18. The Labute approximate surface area is 273 Å². The first-order chi connectivity index (χ1) is 21.1. The molecule has 0 aliphatic carbocycles. The summed E-state index contributed by atoms with van der Waals surface area (Å²) in [6.07, 6.45) is 1.47. The molecule has 0 bridgehead atoms. The number of hydrogen-bond donors (Lipinski definition) is 7. The van der Waals surface area contributed by atoms with Gasteiger partial charge in [-0.1, -0.05) is 23.2 Å². The van der Waals surface area contributed by atoms with E-state index in [2.05, 4.69) is 46.5 Å². The maximum atomic E-state index is 13.4. The number of carboxylic acid groups (broad SMARTS) is 1. The molecular formula is C31H40ClN5O5S2. The number of aryl methyl sites for hydroxylation is 1. The maximum absolute atomic E-state index is 13.4. The lowest BCUT2D eigenvalue weighted by molar-refractivity contribution is -0.138. The number of nitrogens with zero attached hydrogens (tertiary/aromatic N) is 1. The monoisotopic (exact) mass is 661 g/mol. The summed E-state index contributed by atoms with van der Waals surface area (Å²) in [6.45, 7) is 5.49. The van der Waals surface area contributed by atoms with Crippen molar-refractivity contribution < 1.29 is 24.3 Å². The quantitative estimate of drug-likeness (QED) is 0.0871. The number of fused-ring (bicyclic) bond motifs is 1. The number of carbonyl (C=O) groups is 4. The Morgan fingerprint density at radius 1 is 0.864 bits per heavy atom. The average Bonchev–Trinajstić information content (AvgIpc) is 3.26. The van der Waals surface area contributed by atoms with E-state index in [1.165, 1.54) is 0 Å². The Bertz CT molecular complexity index is 1460. The van der Waals surface area contributed by atoms with E-state index in [9.17, 15) is 19.2 Å². The number of aliphatic carboxylic acids is 1. The van der Waals surface area contributed by atoms with Crippen molar-refractivity contribution in [2.45, 2.75) is 45.2 Å². The fourth-order valence-electron chi connectivity index (χ4n) is 4.80. The van der Waals surface area contributed by atoms with Gasteiger partial charge < -0.3 is 26.4 Å². The molecule has 2 aromatic carbocycles. The van der Waals surface area contributed by atoms with Crippen LogP contribution in [0.5, 0.6) is 0 Å². The molecule has 0 aliphatic heterocycles. The molecule has 0 aliphatic rings. The van der Waals surface area contributed by atoms with Crippen LogP contribution in [0.15, 0.2) is 42.5 Å². The summed E-state index contributed by atoms with van der Waals surface area (Å²) in [5.74, 6) is -1.04. The predicted molar refractivity (Wildman–Crippen MR) is 180 cm³/mol. The molecule has 2 atom stereocenters. The number of unbranched alkanes of at least 4 members (excludes halogenated alkanes) is 1. The van der Waals surface area contributed by atoms with E-state index in [-0.39, 0.29) is 35.6 Å². The molecule has 2 amide bonds. The van der Waals surface area contributed by atoms with Crippen LogP contribution >= 0.6 is 36.9 Å². The molecule has 238 valence electrons. The summed E-state index contributed by atoms with van der Waals surface area (Å²) in [6, 6.07) is 11.3. The number of carboxylic acids is 1. The van der Waals surface area contributed by atoms with E-state index in [4.69, 9.17) is 16.7 Å². The lowest BCUT2D eigenvalue weighted by atomic mass is 10.1. The normalized spacial score (nSPS) is 12.6. The largest absolute Gasteiger partial charge is 0.480 e. The zero-order valence-corrected chi connectivity index (χ0v) is 27.4. The van der Waals surface area contributed by atoms with Crippen molar-refractivity contribution in [2.24, 2.45) is 0 Å². The Morgan fingerprint density at radius 2 is 1.48 bits per heavy atom. The van der Waals surface area contributed by atoms with Gasteiger partial charge in [0.05, 0.1) is 18.0 Å². The zero-order valence-electron chi connectivity index (χ0n) is 24.9. The van der Waals surface area contributed by atoms with Crippen LogP contribution in [0.3, 0.4) is 0 Å². The average molecular weight is 662 g/mol. The van der Waals surface area contributed by atoms with E-state index >= 15 is 0 Å². The van der Waals surface area contributed by atoms with Crippen LogP contribution in [0.2, 0.25) is 5.02 Å². The summed E-state index contributed by atoms with van der Waals surface area (Å²) >= 11 is 14.3. The Balaban J connectivity index is 1.47. The van der Waals surface area contributed by atoms with Gasteiger partial charge in [-0.15, -0.1) is 0 Å². The molecule has 10 nitrogen and oxygen atoms in total. The van der Waals surface area contributed by atoms with Crippen LogP contribution in [-0.4, -0.2) is 83.1 Å². The van der Waals surface area contributed by atoms with E-state index < -0.39 is 18.1 Å². The third-order valence-electron chi connectivity index (χ3n) is 7.23. The highest BCUT2D eigenvalue weighted by molar-refractivity contribution is 7.80. The van der Waals surface area contributed by atoms with Crippen molar-refractivity contribution in [3.05, 3.63) is 69.9 Å². The number of nitrogens with one attached hydrogen (secondary N) is 4. The zero-order chi connectivity index (χ0) is 32.2. The Kier molecular flexibility index (Phi) is 14.1. The van der Waals surface area contributed by atoms with Crippen LogP contribution in [0.4, 0.5) is 0 Å². The van der Waals surface area contributed by atoms with Gasteiger partial charge in [0.1, 0.15) is 6.04 Å². The standard InChI is InChI=1S/C31H40ClN5O5S2/c1-19-5-10-27-24(15-19)23(20(2)37(27)30(40)21-6-8-22(32)9-7-21)16-28(38)35-11-3-4-12-36-29(39)25(17-43)33-13-14-34-26(18-44)31(41)42/h5-10,15,25-26,33-34,43-44H,3-4,11-14,16-18H2,1-2H3,(H,35,38)(H,36,39)(H,41,42)/t25-,26-/m0/s1. The summed E-state index contributed by atoms with van der Waals surface area (Å²) in [4.78, 5) is 49.9. The molecule has 1 heterocycles. The number of rotatable bonds is 17. The SMILES string of the molecule is Cc1ccc2c(c1)c(CC(=O)NCCCCNC(=O)[C@H](CS)NCCN[C@@H](CS)C(=O)O)c(C)n2C(=O)c1ccc(Cl)cc1. The molecule has 13 heteroatoms. The molecule has 3 rings (SSSR count). The van der Waals surface area contributed by atoms with Crippen LogP contribution in [0, 0.1) is 13.8 Å². The van der Waals surface area contributed by atoms with Gasteiger partial charge >= 0.3 is 5.97 Å². The second-order valence-corrected chi connectivity index (χ2v) is 11.6. The minimum Gasteiger partial charge on any atom is -0.480 e. The fourth-order valence-corrected chi connectivity index (χ4v) is 5.51. The summed E-state index contributed by atoms with van der Waals surface area (Å²) < 4.78 is 1.65. The molecule has 0 spiro atoms. The summed E-state index contributed by atoms with van der Waals surface area (Å²) in [5, 5.41) is 22.2. The van der Waals surface area contributed by atoms with Gasteiger partial charge in [0.2, 0.25) is 11.8 Å². The van der Waals surface area contributed by atoms with Crippen LogP contribution in [0.25, 0.3) is 10.9 Å². The molecule has 0 radical (unpaired) electrons. The first-order valence-electron chi connectivity index (χ1n) is 14.4. The highest BCUT2D eigenvalue weighted by Gasteiger charge is 2.22. The highest BCUT2D eigenvalue weighted by Crippen LogP contribution is 2.28. The van der Waals surface area contributed by atoms with E-state index in [0.717, 1.165) is 27.7 Å². The van der Waals surface area contributed by atoms with Crippen LogP contribution < -0.4 is 21.3 Å². The maximum Gasteiger partial charge on any atom is 0.321 e. The second-order valence-electron chi connectivity index (χ2n) is 10.5. The third-order valence-corrected chi connectivity index (χ3v) is 8.22. The van der Waals surface area contributed by atoms with Crippen LogP contribution in [0.1, 0.15) is 40.0 Å². The fraction of sp³-hybridized carbons (Fsp3) is 0.419. The highest BCUT2D eigenvalue weighted by atomic mass is 35.5. The van der Waals surface area contributed by atoms with Gasteiger partial charge in [-0.05, 0) is 68.7 Å². The number of hydrogen-bond acceptors (Lipinski definition) is 8. The molecule has 0 unspecified atom stereocenters. The topological polar surface area (TPSA) is 142 Å². The molecular weight excluding hydrogens is 622 g/mol. The number of amides is 2. The van der Waals surface area contributed by atoms with Crippen molar-refractivity contribution in [3.8, 4) is 0 Å². The van der Waals surface area contributed by atoms with Gasteiger partial charge in [-0.2, -0.15) is 25.3 Å². The van der Waals surface area contributed by atoms with Crippen molar-refractivity contribution in [1.29, 1.82) is 0 Å². The molecule has 0 saturated carbocycles. The van der Waals surface area contributed by atoms with E-state index in [1.54, 1.807) is 28.8 Å². The number of halogens is 1. The minimum atomic E-state index is -0.973. The first kappa shape index (κ1) is 35.4. The minimum absolute atomic E-state index is 0.134. The molecule has 5 N–H and O–H groups in total. The smallest absolute Gasteiger partial charge is 0.321 e. The van der Waals surface area contributed by atoms with Gasteiger partial charge in [-0.25, -0.2) is 0 Å². The van der Waals surface area contributed by atoms with Crippen molar-refractivity contribution in [3.63, 3.8) is 0 Å². The lowest BCUT2D eigenvalue weighted by Crippen LogP contribution is -2.49. The second kappa shape index (κ2) is 17.5. The molecule has 3 aromatic rings. The Morgan fingerprint density at radius 3 is 2.09 bits per heavy atom. The van der Waals surface area contributed by atoms with Gasteiger partial charge in [-0.3, -0.25) is 23.7 Å². The molecule has 0 fully saturated rings. The number of carbonyl (C=O) groups excluding carboxylic acids is 3. The van der Waals surface area contributed by atoms with Crippen molar-refractivity contribution >= 4 is 71.5 Å². The van der Waals surface area contributed by atoms with Crippen molar-refractivity contribution in [2.75, 3.05) is 37.7 Å². The van der Waals surface area contributed by atoms with E-state index in [1.807, 2.05) is 32.0 Å². The summed E-state index contributed by atoms with van der Waals surface area (Å²) in [7, 11) is 0. The third kappa shape index (κ3) is 9.73. The first-order valence-corrected chi connectivity index (χ1v) is 16.1. The van der Waals surface area contributed by atoms with Crippen molar-refractivity contribution in [1.82, 2.24) is 25.8 Å². The van der Waals surface area contributed by atoms with Gasteiger partial charge in [0.25, 0.3) is 5.91 Å². The van der Waals surface area contributed by atoms with E-state index in [0.29, 0.717) is 49.6 Å².